The van der Waals surface area contributed by atoms with E-state index in [1.54, 1.807) is 12.1 Å². The molecule has 0 bridgehead atoms. The SMILES string of the molecule is CCNc1cc(Oc2ccc(Cl)c(F)c2)nc(C(C)C)n1. The molecule has 0 radical (unpaired) electrons. The quantitative estimate of drug-likeness (QED) is 0.875. The second-order valence-electron chi connectivity index (χ2n) is 4.81. The number of ether oxygens (including phenoxy) is 1. The predicted octanol–water partition coefficient (Wildman–Crippen LogP) is 4.62. The molecule has 0 fully saturated rings. The average Bonchev–Trinajstić information content (AvgIpc) is 2.43. The monoisotopic (exact) mass is 309 g/mol. The van der Waals surface area contributed by atoms with E-state index in [0.717, 1.165) is 6.54 Å². The van der Waals surface area contributed by atoms with E-state index in [1.807, 2.05) is 20.8 Å². The lowest BCUT2D eigenvalue weighted by molar-refractivity contribution is 0.453. The first-order chi connectivity index (χ1) is 9.99. The Kier molecular flexibility index (Phi) is 4.96. The molecule has 21 heavy (non-hydrogen) atoms. The highest BCUT2D eigenvalue weighted by atomic mass is 35.5. The minimum absolute atomic E-state index is 0.0567. The highest BCUT2D eigenvalue weighted by Gasteiger charge is 2.10. The van der Waals surface area contributed by atoms with Gasteiger partial charge in [0.15, 0.2) is 0 Å². The Morgan fingerprint density at radius 1 is 1.29 bits per heavy atom. The van der Waals surface area contributed by atoms with Gasteiger partial charge in [0.25, 0.3) is 0 Å². The maximum Gasteiger partial charge on any atom is 0.224 e. The van der Waals surface area contributed by atoms with Crippen LogP contribution in [0.15, 0.2) is 24.3 Å². The van der Waals surface area contributed by atoms with Crippen LogP contribution < -0.4 is 10.1 Å². The molecule has 1 aromatic carbocycles. The fourth-order valence-corrected chi connectivity index (χ4v) is 1.80. The topological polar surface area (TPSA) is 47.0 Å². The summed E-state index contributed by atoms with van der Waals surface area (Å²) < 4.78 is 19.0. The van der Waals surface area contributed by atoms with E-state index < -0.39 is 5.82 Å². The molecule has 0 unspecified atom stereocenters. The van der Waals surface area contributed by atoms with Gasteiger partial charge in [0.05, 0.1) is 5.02 Å². The van der Waals surface area contributed by atoms with Gasteiger partial charge in [-0.1, -0.05) is 25.4 Å². The molecule has 1 aromatic heterocycles. The molecule has 0 spiro atoms. The van der Waals surface area contributed by atoms with Crippen molar-refractivity contribution in [3.63, 3.8) is 0 Å². The third-order valence-electron chi connectivity index (χ3n) is 2.71. The Morgan fingerprint density at radius 3 is 2.67 bits per heavy atom. The smallest absolute Gasteiger partial charge is 0.224 e. The number of hydrogen-bond donors (Lipinski definition) is 1. The van der Waals surface area contributed by atoms with Gasteiger partial charge in [-0.15, -0.1) is 0 Å². The van der Waals surface area contributed by atoms with Gasteiger partial charge in [-0.05, 0) is 19.1 Å². The highest BCUT2D eigenvalue weighted by Crippen LogP contribution is 2.26. The summed E-state index contributed by atoms with van der Waals surface area (Å²) in [6.45, 7) is 6.71. The fourth-order valence-electron chi connectivity index (χ4n) is 1.69. The molecule has 1 N–H and O–H groups in total. The summed E-state index contributed by atoms with van der Waals surface area (Å²) in [6, 6.07) is 5.95. The van der Waals surface area contributed by atoms with Crippen molar-refractivity contribution in [2.75, 3.05) is 11.9 Å². The third kappa shape index (κ3) is 4.04. The van der Waals surface area contributed by atoms with Crippen molar-refractivity contribution in [3.8, 4) is 11.6 Å². The summed E-state index contributed by atoms with van der Waals surface area (Å²) in [5.41, 5.74) is 0. The maximum atomic E-state index is 13.4. The van der Waals surface area contributed by atoms with Crippen molar-refractivity contribution in [2.45, 2.75) is 26.7 Å². The third-order valence-corrected chi connectivity index (χ3v) is 3.01. The molecular formula is C15H17ClFN3O. The van der Waals surface area contributed by atoms with Crippen molar-refractivity contribution in [2.24, 2.45) is 0 Å². The molecular weight excluding hydrogens is 293 g/mol. The van der Waals surface area contributed by atoms with Gasteiger partial charge in [-0.3, -0.25) is 0 Å². The van der Waals surface area contributed by atoms with E-state index in [-0.39, 0.29) is 10.9 Å². The second kappa shape index (κ2) is 6.72. The Labute approximate surface area is 128 Å². The van der Waals surface area contributed by atoms with E-state index in [9.17, 15) is 4.39 Å². The zero-order valence-electron chi connectivity index (χ0n) is 12.2. The average molecular weight is 310 g/mol. The number of nitrogens with one attached hydrogen (secondary N) is 1. The standard InChI is InChI=1S/C15H17ClFN3O/c1-4-18-13-8-14(20-15(19-13)9(2)3)21-10-5-6-11(16)12(17)7-10/h5-9H,4H2,1-3H3,(H,18,19,20). The molecule has 0 atom stereocenters. The van der Waals surface area contributed by atoms with Crippen LogP contribution in [0, 0.1) is 5.82 Å². The normalized spacial score (nSPS) is 10.8. The number of nitrogens with zero attached hydrogens (tertiary/aromatic N) is 2. The zero-order chi connectivity index (χ0) is 15.4. The first-order valence-electron chi connectivity index (χ1n) is 6.75. The predicted molar refractivity (Wildman–Crippen MR) is 81.8 cm³/mol. The van der Waals surface area contributed by atoms with Gasteiger partial charge in [0.2, 0.25) is 5.88 Å². The molecule has 6 heteroatoms. The zero-order valence-corrected chi connectivity index (χ0v) is 12.9. The number of rotatable bonds is 5. The van der Waals surface area contributed by atoms with Gasteiger partial charge >= 0.3 is 0 Å². The van der Waals surface area contributed by atoms with E-state index in [2.05, 4.69) is 15.3 Å². The van der Waals surface area contributed by atoms with Gasteiger partial charge in [0.1, 0.15) is 23.2 Å². The van der Waals surface area contributed by atoms with Crippen LogP contribution in [0.3, 0.4) is 0 Å². The van der Waals surface area contributed by atoms with Crippen molar-refractivity contribution in [1.29, 1.82) is 0 Å². The van der Waals surface area contributed by atoms with Crippen LogP contribution in [0.2, 0.25) is 5.02 Å². The summed E-state index contributed by atoms with van der Waals surface area (Å²) >= 11 is 5.65. The maximum absolute atomic E-state index is 13.4. The second-order valence-corrected chi connectivity index (χ2v) is 5.22. The molecule has 2 aromatic rings. The van der Waals surface area contributed by atoms with Crippen LogP contribution in [0.4, 0.5) is 10.2 Å². The summed E-state index contributed by atoms with van der Waals surface area (Å²) in [7, 11) is 0. The van der Waals surface area contributed by atoms with Crippen molar-refractivity contribution < 1.29 is 9.13 Å². The first kappa shape index (κ1) is 15.5. The summed E-state index contributed by atoms with van der Waals surface area (Å²) in [6.07, 6.45) is 0. The number of hydrogen-bond acceptors (Lipinski definition) is 4. The minimum Gasteiger partial charge on any atom is -0.439 e. The molecule has 0 aliphatic heterocycles. The van der Waals surface area contributed by atoms with Gasteiger partial charge in [0, 0.05) is 24.6 Å². The van der Waals surface area contributed by atoms with Crippen LogP contribution in [0.1, 0.15) is 32.5 Å². The van der Waals surface area contributed by atoms with Crippen LogP contribution in [-0.4, -0.2) is 16.5 Å². The summed E-state index contributed by atoms with van der Waals surface area (Å²) in [5.74, 6) is 1.68. The van der Waals surface area contributed by atoms with Crippen LogP contribution >= 0.6 is 11.6 Å². The molecule has 0 aliphatic rings. The Bertz CT molecular complexity index is 634. The van der Waals surface area contributed by atoms with E-state index in [4.69, 9.17) is 16.3 Å². The summed E-state index contributed by atoms with van der Waals surface area (Å²) in [5, 5.41) is 3.18. The van der Waals surface area contributed by atoms with Crippen LogP contribution in [0.25, 0.3) is 0 Å². The van der Waals surface area contributed by atoms with Crippen LogP contribution in [-0.2, 0) is 0 Å². The Morgan fingerprint density at radius 2 is 2.05 bits per heavy atom. The van der Waals surface area contributed by atoms with Crippen molar-refractivity contribution >= 4 is 17.4 Å². The minimum atomic E-state index is -0.529. The number of halogens is 2. The first-order valence-corrected chi connectivity index (χ1v) is 7.13. The van der Waals surface area contributed by atoms with Gasteiger partial charge < -0.3 is 10.1 Å². The molecule has 2 rings (SSSR count). The molecule has 1 heterocycles. The number of benzene rings is 1. The van der Waals surface area contributed by atoms with Crippen LogP contribution in [0.5, 0.6) is 11.6 Å². The number of aromatic nitrogens is 2. The molecule has 0 saturated carbocycles. The van der Waals surface area contributed by atoms with E-state index >= 15 is 0 Å². The Hall–Kier alpha value is -1.88. The van der Waals surface area contributed by atoms with E-state index in [1.165, 1.54) is 12.1 Å². The molecule has 0 aliphatic carbocycles. The van der Waals surface area contributed by atoms with Crippen molar-refractivity contribution in [1.82, 2.24) is 9.97 Å². The highest BCUT2D eigenvalue weighted by molar-refractivity contribution is 6.30. The van der Waals surface area contributed by atoms with Gasteiger partial charge in [-0.25, -0.2) is 9.37 Å². The molecule has 0 saturated heterocycles. The lowest BCUT2D eigenvalue weighted by Gasteiger charge is -2.11. The lowest BCUT2D eigenvalue weighted by Crippen LogP contribution is -2.05. The Balaban J connectivity index is 2.31. The largest absolute Gasteiger partial charge is 0.439 e. The molecule has 112 valence electrons. The molecule has 0 amide bonds. The van der Waals surface area contributed by atoms with Crippen molar-refractivity contribution in [3.05, 3.63) is 40.9 Å². The lowest BCUT2D eigenvalue weighted by atomic mass is 10.2. The summed E-state index contributed by atoms with van der Waals surface area (Å²) in [4.78, 5) is 8.73. The number of anilines is 1. The van der Waals surface area contributed by atoms with Gasteiger partial charge in [-0.2, -0.15) is 4.98 Å². The molecule has 4 nitrogen and oxygen atoms in total. The van der Waals surface area contributed by atoms with E-state index in [0.29, 0.717) is 23.3 Å². The fraction of sp³-hybridized carbons (Fsp3) is 0.333.